The fourth-order valence-electron chi connectivity index (χ4n) is 4.05. The van der Waals surface area contributed by atoms with Crippen molar-refractivity contribution in [1.29, 1.82) is 0 Å². The summed E-state index contributed by atoms with van der Waals surface area (Å²) in [5.41, 5.74) is 5.43. The number of hydrogen-bond donors (Lipinski definition) is 1. The second kappa shape index (κ2) is 4.97. The molecule has 2 aliphatic rings. The molecule has 1 amide bonds. The minimum absolute atomic E-state index is 0.0297. The molecule has 1 N–H and O–H groups in total. The van der Waals surface area contributed by atoms with E-state index in [1.165, 1.54) is 18.6 Å². The molecule has 1 aromatic carbocycles. The summed E-state index contributed by atoms with van der Waals surface area (Å²) < 4.78 is 0. The van der Waals surface area contributed by atoms with Crippen LogP contribution < -0.4 is 5.43 Å². The summed E-state index contributed by atoms with van der Waals surface area (Å²) in [4.78, 5) is 12.0. The molecule has 0 heterocycles. The lowest BCUT2D eigenvalue weighted by atomic mass is 9.70. The van der Waals surface area contributed by atoms with E-state index in [2.05, 4.69) is 31.3 Å². The van der Waals surface area contributed by atoms with Gasteiger partial charge < -0.3 is 0 Å². The first-order valence-electron chi connectivity index (χ1n) is 7.83. The molecule has 2 bridgehead atoms. The van der Waals surface area contributed by atoms with E-state index in [0.29, 0.717) is 17.8 Å². The van der Waals surface area contributed by atoms with Crippen molar-refractivity contribution in [3.63, 3.8) is 0 Å². The van der Waals surface area contributed by atoms with Crippen molar-refractivity contribution in [2.24, 2.45) is 21.8 Å². The van der Waals surface area contributed by atoms with Crippen LogP contribution in [0.5, 0.6) is 0 Å². The van der Waals surface area contributed by atoms with Gasteiger partial charge in [-0.05, 0) is 36.2 Å². The van der Waals surface area contributed by atoms with Gasteiger partial charge in [0, 0.05) is 11.1 Å². The number of amides is 1. The Labute approximate surface area is 126 Å². The third-order valence-electron chi connectivity index (χ3n) is 6.04. The molecule has 2 aliphatic carbocycles. The largest absolute Gasteiger partial charge is 0.273 e. The highest BCUT2D eigenvalue weighted by molar-refractivity contribution is 5.95. The Kier molecular flexibility index (Phi) is 3.39. The van der Waals surface area contributed by atoms with Gasteiger partial charge in [0.25, 0.3) is 0 Å². The van der Waals surface area contributed by atoms with Gasteiger partial charge in [-0.2, -0.15) is 5.10 Å². The Bertz CT molecular complexity index is 576. The van der Waals surface area contributed by atoms with Gasteiger partial charge in [0.2, 0.25) is 5.91 Å². The van der Waals surface area contributed by atoms with Crippen LogP contribution in [0.25, 0.3) is 0 Å². The first-order chi connectivity index (χ1) is 9.93. The van der Waals surface area contributed by atoms with Gasteiger partial charge in [-0.1, -0.05) is 51.1 Å². The van der Waals surface area contributed by atoms with Crippen molar-refractivity contribution in [3.8, 4) is 0 Å². The molecule has 3 heteroatoms. The molecule has 0 aliphatic heterocycles. The molecule has 2 saturated carbocycles. The third-order valence-corrected chi connectivity index (χ3v) is 6.04. The Balaban J connectivity index is 1.66. The van der Waals surface area contributed by atoms with Crippen molar-refractivity contribution < 1.29 is 4.79 Å². The minimum atomic E-state index is -0.0297. The van der Waals surface area contributed by atoms with Gasteiger partial charge in [0.15, 0.2) is 0 Å². The maximum absolute atomic E-state index is 12.0. The lowest BCUT2D eigenvalue weighted by Crippen LogP contribution is -2.34. The van der Waals surface area contributed by atoms with Gasteiger partial charge in [0.05, 0.1) is 6.42 Å². The number of hydrogen-bond acceptors (Lipinski definition) is 2. The number of rotatable bonds is 3. The van der Waals surface area contributed by atoms with Crippen LogP contribution in [0.4, 0.5) is 0 Å². The molecular weight excluding hydrogens is 260 g/mol. The highest BCUT2D eigenvalue weighted by atomic mass is 16.2. The number of carbonyl (C=O) groups is 1. The molecule has 0 radical (unpaired) electrons. The van der Waals surface area contributed by atoms with Crippen LogP contribution in [0, 0.1) is 16.7 Å². The van der Waals surface area contributed by atoms with E-state index in [4.69, 9.17) is 0 Å². The zero-order chi connectivity index (χ0) is 15.1. The predicted octanol–water partition coefficient (Wildman–Crippen LogP) is 3.55. The van der Waals surface area contributed by atoms with E-state index in [1.807, 2.05) is 30.3 Å². The molecule has 0 saturated heterocycles. The Morgan fingerprint density at radius 3 is 2.57 bits per heavy atom. The Hall–Kier alpha value is -1.64. The van der Waals surface area contributed by atoms with Crippen molar-refractivity contribution in [3.05, 3.63) is 35.9 Å². The predicted molar refractivity (Wildman–Crippen MR) is 85.0 cm³/mol. The van der Waals surface area contributed by atoms with Crippen LogP contribution in [0.3, 0.4) is 0 Å². The number of nitrogens with one attached hydrogen (secondary N) is 1. The second-order valence-electron chi connectivity index (χ2n) is 7.25. The van der Waals surface area contributed by atoms with Gasteiger partial charge in [-0.15, -0.1) is 0 Å². The highest BCUT2D eigenvalue weighted by Crippen LogP contribution is 2.63. The van der Waals surface area contributed by atoms with Crippen molar-refractivity contribution >= 4 is 11.6 Å². The molecule has 1 aromatic rings. The number of carbonyl (C=O) groups excluding carboxylic acids is 1. The van der Waals surface area contributed by atoms with E-state index in [1.54, 1.807) is 0 Å². The SMILES string of the molecule is CC1(C)[C@H]2CC[C@]1(C)/C(=N/NC(=O)Cc1ccccc1)C2. The summed E-state index contributed by atoms with van der Waals surface area (Å²) in [6.45, 7) is 7.00. The topological polar surface area (TPSA) is 41.5 Å². The van der Waals surface area contributed by atoms with Crippen LogP contribution in [-0.2, 0) is 11.2 Å². The number of nitrogens with zero attached hydrogens (tertiary/aromatic N) is 1. The Morgan fingerprint density at radius 1 is 1.29 bits per heavy atom. The minimum Gasteiger partial charge on any atom is -0.273 e. The molecule has 2 atom stereocenters. The number of benzene rings is 1. The smallest absolute Gasteiger partial charge is 0.244 e. The van der Waals surface area contributed by atoms with Crippen LogP contribution >= 0.6 is 0 Å². The zero-order valence-corrected chi connectivity index (χ0v) is 13.1. The third kappa shape index (κ3) is 2.29. The van der Waals surface area contributed by atoms with E-state index in [0.717, 1.165) is 12.0 Å². The Morgan fingerprint density at radius 2 is 2.00 bits per heavy atom. The number of fused-ring (bicyclic) bond motifs is 2. The van der Waals surface area contributed by atoms with E-state index < -0.39 is 0 Å². The van der Waals surface area contributed by atoms with Crippen LogP contribution in [0.1, 0.15) is 45.6 Å². The molecule has 3 rings (SSSR count). The van der Waals surface area contributed by atoms with Crippen LogP contribution in [0.2, 0.25) is 0 Å². The summed E-state index contributed by atoms with van der Waals surface area (Å²) in [7, 11) is 0. The van der Waals surface area contributed by atoms with Crippen LogP contribution in [0.15, 0.2) is 35.4 Å². The average Bonchev–Trinajstić information content (AvgIpc) is 2.79. The molecule has 0 aromatic heterocycles. The summed E-state index contributed by atoms with van der Waals surface area (Å²) in [5.74, 6) is 0.685. The lowest BCUT2D eigenvalue weighted by molar-refractivity contribution is -0.120. The van der Waals surface area contributed by atoms with Crippen molar-refractivity contribution in [1.82, 2.24) is 5.43 Å². The summed E-state index contributed by atoms with van der Waals surface area (Å²) in [6, 6.07) is 9.80. The quantitative estimate of drug-likeness (QED) is 0.847. The summed E-state index contributed by atoms with van der Waals surface area (Å²) in [6.07, 6.45) is 3.91. The number of hydrazone groups is 1. The normalized spacial score (nSPS) is 31.6. The maximum atomic E-state index is 12.0. The fourth-order valence-corrected chi connectivity index (χ4v) is 4.05. The van der Waals surface area contributed by atoms with Crippen molar-refractivity contribution in [2.45, 2.75) is 46.5 Å². The summed E-state index contributed by atoms with van der Waals surface area (Å²) >= 11 is 0. The monoisotopic (exact) mass is 284 g/mol. The molecule has 112 valence electrons. The molecular formula is C18H24N2O. The second-order valence-corrected chi connectivity index (χ2v) is 7.25. The standard InChI is InChI=1S/C18H24N2O/c1-17(2)14-9-10-18(17,3)15(12-14)19-20-16(21)11-13-7-5-4-6-8-13/h4-8,14H,9-12H2,1-3H3,(H,20,21)/b19-15+/t14-,18+/m0/s1. The maximum Gasteiger partial charge on any atom is 0.244 e. The van der Waals surface area contributed by atoms with Crippen LogP contribution in [-0.4, -0.2) is 11.6 Å². The van der Waals surface area contributed by atoms with E-state index in [-0.39, 0.29) is 11.3 Å². The van der Waals surface area contributed by atoms with Gasteiger partial charge in [-0.25, -0.2) is 5.43 Å². The molecule has 0 spiro atoms. The first-order valence-corrected chi connectivity index (χ1v) is 7.83. The van der Waals surface area contributed by atoms with Gasteiger partial charge >= 0.3 is 0 Å². The lowest BCUT2D eigenvalue weighted by Gasteiger charge is -2.34. The first kappa shape index (κ1) is 14.3. The average molecular weight is 284 g/mol. The van der Waals surface area contributed by atoms with Crippen molar-refractivity contribution in [2.75, 3.05) is 0 Å². The highest BCUT2D eigenvalue weighted by Gasteiger charge is 2.59. The fraction of sp³-hybridized carbons (Fsp3) is 0.556. The molecule has 3 nitrogen and oxygen atoms in total. The van der Waals surface area contributed by atoms with E-state index in [9.17, 15) is 4.79 Å². The van der Waals surface area contributed by atoms with Gasteiger partial charge in [-0.3, -0.25) is 4.79 Å². The van der Waals surface area contributed by atoms with E-state index >= 15 is 0 Å². The molecule has 0 unspecified atom stereocenters. The molecule has 2 fully saturated rings. The zero-order valence-electron chi connectivity index (χ0n) is 13.1. The summed E-state index contributed by atoms with van der Waals surface area (Å²) in [5, 5.41) is 4.49. The van der Waals surface area contributed by atoms with Gasteiger partial charge in [0.1, 0.15) is 0 Å². The molecule has 21 heavy (non-hydrogen) atoms.